The molecule has 0 radical (unpaired) electrons. The molecule has 23 heavy (non-hydrogen) atoms. The summed E-state index contributed by atoms with van der Waals surface area (Å²) in [5.41, 5.74) is 1.13. The predicted molar refractivity (Wildman–Crippen MR) is 79.7 cm³/mol. The molecule has 1 aromatic carbocycles. The number of hydrogen-bond acceptors (Lipinski definition) is 7. The normalized spacial score (nSPS) is 13.0. The molecule has 0 unspecified atom stereocenters. The summed E-state index contributed by atoms with van der Waals surface area (Å²) in [4.78, 5) is 2.08. The Morgan fingerprint density at radius 3 is 2.87 bits per heavy atom. The molecular formula is C16H15N3O4. The smallest absolute Gasteiger partial charge is 0.283 e. The summed E-state index contributed by atoms with van der Waals surface area (Å²) in [6.07, 6.45) is 1.57. The number of hydrogen-bond donors (Lipinski definition) is 0. The van der Waals surface area contributed by atoms with Crippen molar-refractivity contribution in [2.75, 3.05) is 13.8 Å². The first-order valence-electron chi connectivity index (χ1n) is 7.21. The lowest BCUT2D eigenvalue weighted by atomic mass is 10.2. The fraction of sp³-hybridized carbons (Fsp3) is 0.250. The summed E-state index contributed by atoms with van der Waals surface area (Å²) in [5.74, 6) is 3.08. The van der Waals surface area contributed by atoms with Crippen molar-refractivity contribution in [2.45, 2.75) is 13.1 Å². The second-order valence-electron chi connectivity index (χ2n) is 5.34. The minimum atomic E-state index is 0.284. The topological polar surface area (TPSA) is 73.8 Å². The SMILES string of the molecule is CN(Cc1ccc2c(c1)OCO2)Cc1nnc(-c2ccco2)o1. The monoisotopic (exact) mass is 313 g/mol. The standard InChI is InChI=1S/C16H15N3O4/c1-19(8-11-4-5-12-14(7-11)22-10-21-12)9-15-17-18-16(23-15)13-3-2-6-20-13/h2-7H,8-10H2,1H3. The van der Waals surface area contributed by atoms with Crippen LogP contribution < -0.4 is 9.47 Å². The molecule has 3 aromatic rings. The molecule has 2 aromatic heterocycles. The molecule has 7 nitrogen and oxygen atoms in total. The summed E-state index contributed by atoms with van der Waals surface area (Å²) in [6, 6.07) is 9.50. The van der Waals surface area contributed by atoms with E-state index in [2.05, 4.69) is 15.1 Å². The van der Waals surface area contributed by atoms with Gasteiger partial charge < -0.3 is 18.3 Å². The van der Waals surface area contributed by atoms with Gasteiger partial charge >= 0.3 is 0 Å². The first-order chi connectivity index (χ1) is 11.3. The van der Waals surface area contributed by atoms with Gasteiger partial charge in [0.1, 0.15) is 0 Å². The van der Waals surface area contributed by atoms with Crippen molar-refractivity contribution in [3.8, 4) is 23.1 Å². The van der Waals surface area contributed by atoms with Gasteiger partial charge in [0.15, 0.2) is 17.3 Å². The molecule has 0 fully saturated rings. The van der Waals surface area contributed by atoms with Crippen molar-refractivity contribution in [2.24, 2.45) is 0 Å². The fourth-order valence-electron chi connectivity index (χ4n) is 2.46. The average Bonchev–Trinajstić information content (AvgIpc) is 3.27. The van der Waals surface area contributed by atoms with Crippen LogP contribution in [-0.4, -0.2) is 28.9 Å². The maximum absolute atomic E-state index is 5.61. The van der Waals surface area contributed by atoms with Crippen LogP contribution in [0, 0.1) is 0 Å². The Balaban J connectivity index is 1.41. The van der Waals surface area contributed by atoms with Crippen molar-refractivity contribution in [1.82, 2.24) is 15.1 Å². The minimum absolute atomic E-state index is 0.284. The molecule has 0 bridgehead atoms. The van der Waals surface area contributed by atoms with Gasteiger partial charge in [-0.3, -0.25) is 4.90 Å². The molecule has 0 amide bonds. The van der Waals surface area contributed by atoms with Gasteiger partial charge in [-0.2, -0.15) is 0 Å². The first kappa shape index (κ1) is 13.8. The van der Waals surface area contributed by atoms with E-state index in [0.29, 0.717) is 24.1 Å². The van der Waals surface area contributed by atoms with Crippen LogP contribution in [-0.2, 0) is 13.1 Å². The summed E-state index contributed by atoms with van der Waals surface area (Å²) >= 11 is 0. The van der Waals surface area contributed by atoms with E-state index in [1.54, 1.807) is 18.4 Å². The van der Waals surface area contributed by atoms with E-state index in [1.165, 1.54) is 0 Å². The highest BCUT2D eigenvalue weighted by Crippen LogP contribution is 2.32. The highest BCUT2D eigenvalue weighted by Gasteiger charge is 2.15. The Morgan fingerprint density at radius 1 is 1.09 bits per heavy atom. The lowest BCUT2D eigenvalue weighted by molar-refractivity contribution is 0.174. The van der Waals surface area contributed by atoms with Crippen LogP contribution in [0.5, 0.6) is 11.5 Å². The van der Waals surface area contributed by atoms with Gasteiger partial charge in [-0.15, -0.1) is 10.2 Å². The largest absolute Gasteiger partial charge is 0.459 e. The number of nitrogens with zero attached hydrogens (tertiary/aromatic N) is 3. The molecule has 0 spiro atoms. The fourth-order valence-corrected chi connectivity index (χ4v) is 2.46. The highest BCUT2D eigenvalue weighted by atomic mass is 16.7. The van der Waals surface area contributed by atoms with E-state index in [9.17, 15) is 0 Å². The molecule has 7 heteroatoms. The van der Waals surface area contributed by atoms with Crippen LogP contribution in [0.2, 0.25) is 0 Å². The quantitative estimate of drug-likeness (QED) is 0.717. The van der Waals surface area contributed by atoms with Gasteiger partial charge in [0, 0.05) is 6.54 Å². The second kappa shape index (κ2) is 5.77. The van der Waals surface area contributed by atoms with E-state index in [-0.39, 0.29) is 6.79 Å². The summed E-state index contributed by atoms with van der Waals surface area (Å²) < 4.78 is 21.6. The van der Waals surface area contributed by atoms with Crippen LogP contribution in [0.25, 0.3) is 11.7 Å². The van der Waals surface area contributed by atoms with E-state index in [0.717, 1.165) is 23.6 Å². The minimum Gasteiger partial charge on any atom is -0.459 e. The molecule has 1 aliphatic heterocycles. The van der Waals surface area contributed by atoms with E-state index >= 15 is 0 Å². The Hall–Kier alpha value is -2.80. The molecule has 3 heterocycles. The molecule has 0 saturated heterocycles. The Morgan fingerprint density at radius 2 is 2.00 bits per heavy atom. The maximum atomic E-state index is 5.61. The number of furan rings is 1. The van der Waals surface area contributed by atoms with Gasteiger partial charge in [-0.05, 0) is 36.9 Å². The summed E-state index contributed by atoms with van der Waals surface area (Å²) in [6.45, 7) is 1.56. The third-order valence-corrected chi connectivity index (χ3v) is 3.49. The van der Waals surface area contributed by atoms with Crippen molar-refractivity contribution in [3.63, 3.8) is 0 Å². The molecular weight excluding hydrogens is 298 g/mol. The Labute approximate surface area is 132 Å². The Kier molecular flexibility index (Phi) is 3.47. The number of rotatable bonds is 5. The van der Waals surface area contributed by atoms with Crippen LogP contribution in [0.15, 0.2) is 45.4 Å². The first-order valence-corrected chi connectivity index (χ1v) is 7.21. The van der Waals surface area contributed by atoms with Gasteiger partial charge in [-0.25, -0.2) is 0 Å². The summed E-state index contributed by atoms with van der Waals surface area (Å²) in [7, 11) is 1.99. The van der Waals surface area contributed by atoms with Crippen molar-refractivity contribution in [3.05, 3.63) is 48.0 Å². The molecule has 0 atom stereocenters. The third-order valence-electron chi connectivity index (χ3n) is 3.49. The zero-order valence-corrected chi connectivity index (χ0v) is 12.6. The van der Waals surface area contributed by atoms with Gasteiger partial charge in [0.05, 0.1) is 12.8 Å². The van der Waals surface area contributed by atoms with Crippen molar-refractivity contribution >= 4 is 0 Å². The number of fused-ring (bicyclic) bond motifs is 1. The van der Waals surface area contributed by atoms with Crippen LogP contribution in [0.3, 0.4) is 0 Å². The van der Waals surface area contributed by atoms with Crippen LogP contribution in [0.1, 0.15) is 11.5 Å². The van der Waals surface area contributed by atoms with Gasteiger partial charge in [0.25, 0.3) is 5.89 Å². The number of aromatic nitrogens is 2. The summed E-state index contributed by atoms with van der Waals surface area (Å²) in [5, 5.41) is 8.04. The van der Waals surface area contributed by atoms with Crippen LogP contribution in [0.4, 0.5) is 0 Å². The van der Waals surface area contributed by atoms with Crippen molar-refractivity contribution < 1.29 is 18.3 Å². The number of ether oxygens (including phenoxy) is 2. The molecule has 118 valence electrons. The number of benzene rings is 1. The van der Waals surface area contributed by atoms with Gasteiger partial charge in [-0.1, -0.05) is 6.07 Å². The molecule has 0 saturated carbocycles. The predicted octanol–water partition coefficient (Wildman–Crippen LogP) is 2.69. The highest BCUT2D eigenvalue weighted by molar-refractivity contribution is 5.44. The van der Waals surface area contributed by atoms with E-state index in [4.69, 9.17) is 18.3 Å². The molecule has 1 aliphatic rings. The third kappa shape index (κ3) is 2.91. The zero-order chi connectivity index (χ0) is 15.6. The second-order valence-corrected chi connectivity index (χ2v) is 5.34. The van der Waals surface area contributed by atoms with Gasteiger partial charge in [0.2, 0.25) is 12.7 Å². The lowest BCUT2D eigenvalue weighted by Crippen LogP contribution is -2.17. The van der Waals surface area contributed by atoms with Crippen LogP contribution >= 0.6 is 0 Å². The van der Waals surface area contributed by atoms with Crippen molar-refractivity contribution in [1.29, 1.82) is 0 Å². The molecule has 0 N–H and O–H groups in total. The maximum Gasteiger partial charge on any atom is 0.283 e. The molecule has 4 rings (SSSR count). The Bertz CT molecular complexity index is 798. The average molecular weight is 313 g/mol. The van der Waals surface area contributed by atoms with E-state index in [1.807, 2.05) is 25.2 Å². The molecule has 0 aliphatic carbocycles. The zero-order valence-electron chi connectivity index (χ0n) is 12.6. The lowest BCUT2D eigenvalue weighted by Gasteiger charge is -2.14. The van der Waals surface area contributed by atoms with E-state index < -0.39 is 0 Å².